The fraction of sp³-hybridized carbons (Fsp3) is 0.261. The van der Waals surface area contributed by atoms with Gasteiger partial charge >= 0.3 is 0 Å². The molecule has 4 rings (SSSR count). The maximum Gasteiger partial charge on any atom is 0.142 e. The summed E-state index contributed by atoms with van der Waals surface area (Å²) in [6.45, 7) is 3.82. The van der Waals surface area contributed by atoms with E-state index in [1.807, 2.05) is 42.7 Å². The molecule has 1 saturated heterocycles. The standard InChI is InChI=1S/C23H24ClN3O/c1-28-22-7-3-2-6-21(22)26-13-15-27(16-14-26)23(19-5-4-12-25-17-19)18-8-10-20(24)11-9-18/h2-12,17,23H,13-16H2,1H3. The molecule has 1 fully saturated rings. The van der Waals surface area contributed by atoms with Crippen molar-refractivity contribution in [2.45, 2.75) is 6.04 Å². The Bertz CT molecular complexity index is 893. The van der Waals surface area contributed by atoms with Crippen molar-refractivity contribution >= 4 is 17.3 Å². The van der Waals surface area contributed by atoms with E-state index in [4.69, 9.17) is 16.3 Å². The second-order valence-electron chi connectivity index (χ2n) is 6.94. The Morgan fingerprint density at radius 3 is 2.32 bits per heavy atom. The second kappa shape index (κ2) is 8.63. The van der Waals surface area contributed by atoms with E-state index in [2.05, 4.69) is 45.1 Å². The van der Waals surface area contributed by atoms with Crippen LogP contribution in [0.15, 0.2) is 73.1 Å². The van der Waals surface area contributed by atoms with Gasteiger partial charge in [0.05, 0.1) is 18.8 Å². The molecule has 3 aromatic rings. The topological polar surface area (TPSA) is 28.6 Å². The van der Waals surface area contributed by atoms with Gasteiger partial charge in [0.25, 0.3) is 0 Å². The van der Waals surface area contributed by atoms with Crippen LogP contribution in [-0.2, 0) is 0 Å². The highest BCUT2D eigenvalue weighted by Crippen LogP contribution is 2.33. The highest BCUT2D eigenvalue weighted by atomic mass is 35.5. The van der Waals surface area contributed by atoms with Crippen LogP contribution in [0.25, 0.3) is 0 Å². The number of anilines is 1. The van der Waals surface area contributed by atoms with Crippen molar-refractivity contribution in [2.75, 3.05) is 38.2 Å². The lowest BCUT2D eigenvalue weighted by molar-refractivity contribution is 0.211. The molecule has 0 spiro atoms. The molecule has 144 valence electrons. The summed E-state index contributed by atoms with van der Waals surface area (Å²) in [7, 11) is 1.73. The monoisotopic (exact) mass is 393 g/mol. The highest BCUT2D eigenvalue weighted by molar-refractivity contribution is 6.30. The van der Waals surface area contributed by atoms with Gasteiger partial charge in [-0.05, 0) is 41.5 Å². The molecule has 0 N–H and O–H groups in total. The molecule has 0 radical (unpaired) electrons. The predicted molar refractivity (Wildman–Crippen MR) is 114 cm³/mol. The zero-order chi connectivity index (χ0) is 19.3. The Kier molecular flexibility index (Phi) is 5.79. The third-order valence-corrected chi connectivity index (χ3v) is 5.54. The van der Waals surface area contributed by atoms with Crippen molar-refractivity contribution in [3.05, 3.63) is 89.2 Å². The number of hydrogen-bond donors (Lipinski definition) is 0. The van der Waals surface area contributed by atoms with Gasteiger partial charge in [0.1, 0.15) is 5.75 Å². The first-order chi connectivity index (χ1) is 13.8. The van der Waals surface area contributed by atoms with Gasteiger partial charge in [-0.3, -0.25) is 9.88 Å². The van der Waals surface area contributed by atoms with Crippen LogP contribution in [0.1, 0.15) is 17.2 Å². The van der Waals surface area contributed by atoms with Gasteiger partial charge in [0.2, 0.25) is 0 Å². The third kappa shape index (κ3) is 3.98. The summed E-state index contributed by atoms with van der Waals surface area (Å²) in [6, 6.07) is 20.7. The molecule has 1 unspecified atom stereocenters. The van der Waals surface area contributed by atoms with E-state index in [0.29, 0.717) is 0 Å². The summed E-state index contributed by atoms with van der Waals surface area (Å²) in [5.41, 5.74) is 3.60. The molecule has 28 heavy (non-hydrogen) atoms. The molecule has 2 heterocycles. The van der Waals surface area contributed by atoms with Crippen LogP contribution in [0.3, 0.4) is 0 Å². The van der Waals surface area contributed by atoms with Gasteiger partial charge in [0, 0.05) is 43.6 Å². The Balaban J connectivity index is 1.57. The maximum atomic E-state index is 6.12. The van der Waals surface area contributed by atoms with Gasteiger partial charge in [-0.25, -0.2) is 0 Å². The molecule has 1 aliphatic rings. The average molecular weight is 394 g/mol. The first-order valence-corrected chi connectivity index (χ1v) is 9.91. The fourth-order valence-electron chi connectivity index (χ4n) is 3.91. The van der Waals surface area contributed by atoms with E-state index in [-0.39, 0.29) is 6.04 Å². The van der Waals surface area contributed by atoms with Crippen molar-refractivity contribution in [3.8, 4) is 5.75 Å². The largest absolute Gasteiger partial charge is 0.495 e. The Morgan fingerprint density at radius 1 is 0.893 bits per heavy atom. The van der Waals surface area contributed by atoms with Crippen LogP contribution < -0.4 is 9.64 Å². The van der Waals surface area contributed by atoms with E-state index in [1.165, 1.54) is 11.1 Å². The molecule has 5 heteroatoms. The minimum absolute atomic E-state index is 0.172. The van der Waals surface area contributed by atoms with Crippen LogP contribution >= 0.6 is 11.6 Å². The van der Waals surface area contributed by atoms with Gasteiger partial charge in [-0.15, -0.1) is 0 Å². The molecule has 0 amide bonds. The molecule has 0 saturated carbocycles. The van der Waals surface area contributed by atoms with Crippen molar-refractivity contribution in [1.82, 2.24) is 9.88 Å². The molecule has 0 aliphatic carbocycles. The number of pyridine rings is 1. The van der Waals surface area contributed by atoms with Gasteiger partial charge in [-0.1, -0.05) is 41.9 Å². The smallest absolute Gasteiger partial charge is 0.142 e. The van der Waals surface area contributed by atoms with E-state index < -0.39 is 0 Å². The van der Waals surface area contributed by atoms with Gasteiger partial charge < -0.3 is 9.64 Å². The zero-order valence-corrected chi connectivity index (χ0v) is 16.7. The molecular weight excluding hydrogens is 370 g/mol. The lowest BCUT2D eigenvalue weighted by atomic mass is 9.97. The number of methoxy groups -OCH3 is 1. The molecule has 1 aliphatic heterocycles. The van der Waals surface area contributed by atoms with Crippen molar-refractivity contribution in [1.29, 1.82) is 0 Å². The van der Waals surface area contributed by atoms with Crippen LogP contribution in [0.4, 0.5) is 5.69 Å². The quantitative estimate of drug-likeness (QED) is 0.630. The fourth-order valence-corrected chi connectivity index (χ4v) is 4.03. The Morgan fingerprint density at radius 2 is 1.64 bits per heavy atom. The van der Waals surface area contributed by atoms with E-state index in [9.17, 15) is 0 Å². The second-order valence-corrected chi connectivity index (χ2v) is 7.37. The lowest BCUT2D eigenvalue weighted by Gasteiger charge is -2.40. The number of benzene rings is 2. The van der Waals surface area contributed by atoms with Crippen LogP contribution in [0, 0.1) is 0 Å². The van der Waals surface area contributed by atoms with Crippen LogP contribution in [-0.4, -0.2) is 43.2 Å². The summed E-state index contributed by atoms with van der Waals surface area (Å²) in [6.07, 6.45) is 3.79. The number of ether oxygens (including phenoxy) is 1. The summed E-state index contributed by atoms with van der Waals surface area (Å²) in [5, 5.41) is 0.759. The number of piperazine rings is 1. The summed E-state index contributed by atoms with van der Waals surface area (Å²) >= 11 is 6.12. The van der Waals surface area contributed by atoms with E-state index in [0.717, 1.165) is 42.6 Å². The normalized spacial score (nSPS) is 16.0. The summed E-state index contributed by atoms with van der Waals surface area (Å²) in [5.74, 6) is 0.928. The molecule has 0 bridgehead atoms. The van der Waals surface area contributed by atoms with Crippen LogP contribution in [0.2, 0.25) is 5.02 Å². The molecule has 1 atom stereocenters. The molecule has 2 aromatic carbocycles. The molecular formula is C23H24ClN3O. The van der Waals surface area contributed by atoms with Crippen molar-refractivity contribution in [2.24, 2.45) is 0 Å². The highest BCUT2D eigenvalue weighted by Gasteiger charge is 2.27. The first kappa shape index (κ1) is 18.8. The van der Waals surface area contributed by atoms with Gasteiger partial charge in [0.15, 0.2) is 0 Å². The SMILES string of the molecule is COc1ccccc1N1CCN(C(c2ccc(Cl)cc2)c2cccnc2)CC1. The lowest BCUT2D eigenvalue weighted by Crippen LogP contribution is -2.48. The predicted octanol–water partition coefficient (Wildman–Crippen LogP) is 4.66. The van der Waals surface area contributed by atoms with Gasteiger partial charge in [-0.2, -0.15) is 0 Å². The molecule has 4 nitrogen and oxygen atoms in total. The number of para-hydroxylation sites is 2. The van der Waals surface area contributed by atoms with Crippen molar-refractivity contribution in [3.63, 3.8) is 0 Å². The minimum atomic E-state index is 0.172. The average Bonchev–Trinajstić information content (AvgIpc) is 2.76. The van der Waals surface area contributed by atoms with Crippen molar-refractivity contribution < 1.29 is 4.74 Å². The van der Waals surface area contributed by atoms with E-state index in [1.54, 1.807) is 7.11 Å². The zero-order valence-electron chi connectivity index (χ0n) is 16.0. The number of halogens is 1. The summed E-state index contributed by atoms with van der Waals surface area (Å²) < 4.78 is 5.55. The first-order valence-electron chi connectivity index (χ1n) is 9.53. The molecule has 1 aromatic heterocycles. The minimum Gasteiger partial charge on any atom is -0.495 e. The Hall–Kier alpha value is -2.56. The maximum absolute atomic E-state index is 6.12. The summed E-state index contributed by atoms with van der Waals surface area (Å²) in [4.78, 5) is 9.27. The van der Waals surface area contributed by atoms with E-state index >= 15 is 0 Å². The van der Waals surface area contributed by atoms with Crippen LogP contribution in [0.5, 0.6) is 5.75 Å². The number of aromatic nitrogens is 1. The number of hydrogen-bond acceptors (Lipinski definition) is 4. The number of nitrogens with zero attached hydrogens (tertiary/aromatic N) is 3. The Labute approximate surface area is 171 Å². The number of rotatable bonds is 5. The third-order valence-electron chi connectivity index (χ3n) is 5.29.